The van der Waals surface area contributed by atoms with Crippen molar-refractivity contribution in [1.29, 1.82) is 0 Å². The van der Waals surface area contributed by atoms with Gasteiger partial charge in [-0.25, -0.2) is 4.98 Å². The molecule has 0 saturated heterocycles. The normalized spacial score (nSPS) is 16.7. The summed E-state index contributed by atoms with van der Waals surface area (Å²) in [5.74, 6) is 0. The maximum Gasteiger partial charge on any atom is 0.0951 e. The van der Waals surface area contributed by atoms with Crippen molar-refractivity contribution in [2.75, 3.05) is 0 Å². The highest BCUT2D eigenvalue weighted by Crippen LogP contribution is 2.35. The minimum Gasteiger partial charge on any atom is -0.330 e. The molecule has 0 spiro atoms. The van der Waals surface area contributed by atoms with E-state index in [0.29, 0.717) is 12.1 Å². The van der Waals surface area contributed by atoms with Crippen LogP contribution >= 0.6 is 0 Å². The van der Waals surface area contributed by atoms with Crippen molar-refractivity contribution in [2.45, 2.75) is 38.4 Å². The molecule has 4 heteroatoms. The largest absolute Gasteiger partial charge is 0.330 e. The lowest BCUT2D eigenvalue weighted by atomic mass is 10.1. The molecule has 18 heavy (non-hydrogen) atoms. The van der Waals surface area contributed by atoms with E-state index >= 15 is 0 Å². The van der Waals surface area contributed by atoms with Crippen LogP contribution in [0.25, 0.3) is 0 Å². The van der Waals surface area contributed by atoms with Gasteiger partial charge in [-0.3, -0.25) is 4.98 Å². The van der Waals surface area contributed by atoms with Gasteiger partial charge in [0.2, 0.25) is 0 Å². The molecule has 1 aliphatic carbocycles. The zero-order valence-corrected chi connectivity index (χ0v) is 10.6. The average Bonchev–Trinajstić information content (AvgIpc) is 3.16. The van der Waals surface area contributed by atoms with Crippen LogP contribution in [0.15, 0.2) is 37.1 Å². The first kappa shape index (κ1) is 11.4. The monoisotopic (exact) mass is 242 g/mol. The fourth-order valence-electron chi connectivity index (χ4n) is 2.18. The Kier molecular flexibility index (Phi) is 3.11. The van der Waals surface area contributed by atoms with E-state index in [1.807, 2.05) is 24.9 Å². The summed E-state index contributed by atoms with van der Waals surface area (Å²) >= 11 is 0. The number of nitrogens with one attached hydrogen (secondary N) is 1. The van der Waals surface area contributed by atoms with Gasteiger partial charge in [0.25, 0.3) is 0 Å². The van der Waals surface area contributed by atoms with Gasteiger partial charge < -0.3 is 9.88 Å². The Hall–Kier alpha value is -1.68. The molecular formula is C14H18N4. The van der Waals surface area contributed by atoms with Gasteiger partial charge in [0.05, 0.1) is 12.0 Å². The van der Waals surface area contributed by atoms with Crippen LogP contribution in [-0.4, -0.2) is 14.5 Å². The second-order valence-electron chi connectivity index (χ2n) is 4.91. The van der Waals surface area contributed by atoms with Crippen LogP contribution in [0.5, 0.6) is 0 Å². The molecule has 94 valence electrons. The van der Waals surface area contributed by atoms with E-state index in [0.717, 1.165) is 6.54 Å². The smallest absolute Gasteiger partial charge is 0.0951 e. The summed E-state index contributed by atoms with van der Waals surface area (Å²) in [5, 5.41) is 3.54. The standard InChI is InChI=1S/C14H18N4/c1-11(12-4-6-15-7-5-12)17-9-14-8-16-10-18(14)13-2-3-13/h4-8,10-11,13,17H,2-3,9H2,1H3. The van der Waals surface area contributed by atoms with Crippen LogP contribution in [0, 0.1) is 0 Å². The molecule has 1 unspecified atom stereocenters. The fraction of sp³-hybridized carbons (Fsp3) is 0.429. The second-order valence-corrected chi connectivity index (χ2v) is 4.91. The molecular weight excluding hydrogens is 224 g/mol. The first-order chi connectivity index (χ1) is 8.84. The third kappa shape index (κ3) is 2.43. The molecule has 1 aliphatic rings. The van der Waals surface area contributed by atoms with Crippen LogP contribution in [0.4, 0.5) is 0 Å². The van der Waals surface area contributed by atoms with Gasteiger partial charge >= 0.3 is 0 Å². The number of hydrogen-bond donors (Lipinski definition) is 1. The minimum atomic E-state index is 0.329. The van der Waals surface area contributed by atoms with Crippen molar-refractivity contribution in [1.82, 2.24) is 19.9 Å². The summed E-state index contributed by atoms with van der Waals surface area (Å²) in [6, 6.07) is 5.13. The predicted molar refractivity (Wildman–Crippen MR) is 70.0 cm³/mol. The molecule has 1 fully saturated rings. The SMILES string of the molecule is CC(NCc1cncn1C1CC1)c1ccncc1. The molecule has 2 aromatic rings. The zero-order valence-electron chi connectivity index (χ0n) is 10.6. The Morgan fingerprint density at radius 1 is 1.33 bits per heavy atom. The highest BCUT2D eigenvalue weighted by atomic mass is 15.1. The maximum atomic E-state index is 4.25. The number of rotatable bonds is 5. The number of pyridine rings is 1. The van der Waals surface area contributed by atoms with Gasteiger partial charge in [-0.2, -0.15) is 0 Å². The first-order valence-corrected chi connectivity index (χ1v) is 6.48. The molecule has 1 atom stereocenters. The lowest BCUT2D eigenvalue weighted by Crippen LogP contribution is -2.19. The van der Waals surface area contributed by atoms with E-state index in [-0.39, 0.29) is 0 Å². The quantitative estimate of drug-likeness (QED) is 0.875. The fourth-order valence-corrected chi connectivity index (χ4v) is 2.18. The van der Waals surface area contributed by atoms with E-state index in [9.17, 15) is 0 Å². The van der Waals surface area contributed by atoms with Crippen LogP contribution in [-0.2, 0) is 6.54 Å². The van der Waals surface area contributed by atoms with Gasteiger partial charge in [0, 0.05) is 37.2 Å². The number of hydrogen-bond acceptors (Lipinski definition) is 3. The molecule has 0 aromatic carbocycles. The van der Waals surface area contributed by atoms with Crippen molar-refractivity contribution < 1.29 is 0 Å². The minimum absolute atomic E-state index is 0.329. The Labute approximate surface area is 107 Å². The molecule has 4 nitrogen and oxygen atoms in total. The van der Waals surface area contributed by atoms with E-state index in [1.165, 1.54) is 24.1 Å². The van der Waals surface area contributed by atoms with E-state index in [1.54, 1.807) is 0 Å². The van der Waals surface area contributed by atoms with Crippen molar-refractivity contribution in [2.24, 2.45) is 0 Å². The van der Waals surface area contributed by atoms with E-state index < -0.39 is 0 Å². The molecule has 2 aromatic heterocycles. The highest BCUT2D eigenvalue weighted by molar-refractivity contribution is 5.14. The molecule has 2 heterocycles. The molecule has 0 bridgehead atoms. The Morgan fingerprint density at radius 2 is 2.11 bits per heavy atom. The van der Waals surface area contributed by atoms with Crippen LogP contribution in [0.3, 0.4) is 0 Å². The number of nitrogens with zero attached hydrogens (tertiary/aromatic N) is 3. The number of aromatic nitrogens is 3. The van der Waals surface area contributed by atoms with Crippen molar-refractivity contribution in [3.63, 3.8) is 0 Å². The van der Waals surface area contributed by atoms with Crippen molar-refractivity contribution in [3.8, 4) is 0 Å². The van der Waals surface area contributed by atoms with Gasteiger partial charge in [0.15, 0.2) is 0 Å². The summed E-state index contributed by atoms with van der Waals surface area (Å²) in [5.41, 5.74) is 2.54. The molecule has 0 radical (unpaired) electrons. The summed E-state index contributed by atoms with van der Waals surface area (Å²) in [7, 11) is 0. The first-order valence-electron chi connectivity index (χ1n) is 6.48. The summed E-state index contributed by atoms with van der Waals surface area (Å²) < 4.78 is 2.30. The van der Waals surface area contributed by atoms with Crippen LogP contribution < -0.4 is 5.32 Å². The van der Waals surface area contributed by atoms with E-state index in [4.69, 9.17) is 0 Å². The molecule has 1 saturated carbocycles. The molecule has 0 aliphatic heterocycles. The topological polar surface area (TPSA) is 42.7 Å². The van der Waals surface area contributed by atoms with Crippen molar-refractivity contribution >= 4 is 0 Å². The van der Waals surface area contributed by atoms with Crippen molar-refractivity contribution in [3.05, 3.63) is 48.3 Å². The molecule has 0 amide bonds. The second kappa shape index (κ2) is 4.90. The predicted octanol–water partition coefficient (Wildman–Crippen LogP) is 2.46. The zero-order chi connectivity index (χ0) is 12.4. The summed E-state index contributed by atoms with van der Waals surface area (Å²) in [6.07, 6.45) is 10.2. The third-order valence-electron chi connectivity index (χ3n) is 3.48. The van der Waals surface area contributed by atoms with Gasteiger partial charge in [0.1, 0.15) is 0 Å². The van der Waals surface area contributed by atoms with Crippen LogP contribution in [0.1, 0.15) is 43.1 Å². The van der Waals surface area contributed by atoms with Gasteiger partial charge in [-0.1, -0.05) is 0 Å². The third-order valence-corrected chi connectivity index (χ3v) is 3.48. The maximum absolute atomic E-state index is 4.25. The Bertz CT molecular complexity index is 502. The summed E-state index contributed by atoms with van der Waals surface area (Å²) in [6.45, 7) is 3.03. The lowest BCUT2D eigenvalue weighted by Gasteiger charge is -2.14. The van der Waals surface area contributed by atoms with Crippen LogP contribution in [0.2, 0.25) is 0 Å². The molecule has 1 N–H and O–H groups in total. The van der Waals surface area contributed by atoms with Gasteiger partial charge in [-0.15, -0.1) is 0 Å². The van der Waals surface area contributed by atoms with Gasteiger partial charge in [-0.05, 0) is 37.5 Å². The highest BCUT2D eigenvalue weighted by Gasteiger charge is 2.25. The average molecular weight is 242 g/mol. The Morgan fingerprint density at radius 3 is 2.83 bits per heavy atom. The summed E-state index contributed by atoms with van der Waals surface area (Å²) in [4.78, 5) is 8.29. The number of imidazole rings is 1. The molecule has 3 rings (SSSR count). The Balaban J connectivity index is 1.62. The van der Waals surface area contributed by atoms with E-state index in [2.05, 4.69) is 38.9 Å². The lowest BCUT2D eigenvalue weighted by molar-refractivity contribution is 0.546.